The molecule has 0 saturated carbocycles. The molecule has 1 aromatic heterocycles. The van der Waals surface area contributed by atoms with Crippen LogP contribution in [0.5, 0.6) is 5.75 Å². The first kappa shape index (κ1) is 24.3. The van der Waals surface area contributed by atoms with Crippen LogP contribution in [0.15, 0.2) is 79.0 Å². The van der Waals surface area contributed by atoms with Gasteiger partial charge in [-0.15, -0.1) is 0 Å². The first-order valence-electron chi connectivity index (χ1n) is 11.9. The molecule has 3 aromatic carbocycles. The zero-order valence-corrected chi connectivity index (χ0v) is 20.5. The van der Waals surface area contributed by atoms with Gasteiger partial charge in [-0.25, -0.2) is 0 Å². The van der Waals surface area contributed by atoms with Crippen molar-refractivity contribution in [1.82, 2.24) is 4.57 Å². The lowest BCUT2D eigenvalue weighted by molar-refractivity contribution is -0.137. The van der Waals surface area contributed by atoms with E-state index in [1.807, 2.05) is 66.9 Å². The number of hydrogen-bond acceptors (Lipinski definition) is 3. The number of aryl methyl sites for hydroxylation is 1. The van der Waals surface area contributed by atoms with Crippen molar-refractivity contribution in [2.45, 2.75) is 52.1 Å². The Hall–Kier alpha value is -3.86. The Morgan fingerprint density at radius 3 is 2.40 bits per heavy atom. The first-order chi connectivity index (χ1) is 16.7. The third-order valence-corrected chi connectivity index (χ3v) is 6.15. The summed E-state index contributed by atoms with van der Waals surface area (Å²) in [4.78, 5) is 24.4. The molecule has 180 valence electrons. The molecule has 0 unspecified atom stereocenters. The van der Waals surface area contributed by atoms with Gasteiger partial charge >= 0.3 is 5.97 Å². The smallest absolute Gasteiger partial charge is 0.303 e. The number of carbonyl (C=O) groups excluding carboxylic acids is 1. The Morgan fingerprint density at radius 2 is 1.69 bits per heavy atom. The summed E-state index contributed by atoms with van der Waals surface area (Å²) in [6.07, 6.45) is 3.08. The van der Waals surface area contributed by atoms with Gasteiger partial charge in [-0.05, 0) is 65.3 Å². The van der Waals surface area contributed by atoms with Crippen molar-refractivity contribution in [3.63, 3.8) is 0 Å². The Kier molecular flexibility index (Phi) is 7.06. The number of ether oxygens (including phenoxy) is 1. The zero-order chi connectivity index (χ0) is 25.0. The SMILES string of the molecule is CC(C)(C)c1ccc(OCc2cccc(C(=O)n3cc(CCCC(=O)O)c4ccccc43)c2)cc1. The Bertz CT molecular complexity index is 1340. The number of carbonyl (C=O) groups is 2. The largest absolute Gasteiger partial charge is 0.489 e. The minimum atomic E-state index is -0.811. The molecule has 4 rings (SSSR count). The second-order valence-corrected chi connectivity index (χ2v) is 9.86. The summed E-state index contributed by atoms with van der Waals surface area (Å²) < 4.78 is 7.64. The van der Waals surface area contributed by atoms with Crippen LogP contribution in [-0.4, -0.2) is 21.6 Å². The van der Waals surface area contributed by atoms with Crippen molar-refractivity contribution in [1.29, 1.82) is 0 Å². The molecule has 0 aliphatic carbocycles. The van der Waals surface area contributed by atoms with Crippen LogP contribution >= 0.6 is 0 Å². The highest BCUT2D eigenvalue weighted by molar-refractivity contribution is 6.03. The number of hydrogen-bond donors (Lipinski definition) is 1. The van der Waals surface area contributed by atoms with Crippen LogP contribution in [0.25, 0.3) is 10.9 Å². The lowest BCUT2D eigenvalue weighted by atomic mass is 9.87. The van der Waals surface area contributed by atoms with Crippen molar-refractivity contribution in [2.24, 2.45) is 0 Å². The van der Waals surface area contributed by atoms with Crippen LogP contribution in [0.1, 0.15) is 60.7 Å². The fourth-order valence-corrected chi connectivity index (χ4v) is 4.20. The van der Waals surface area contributed by atoms with Crippen LogP contribution in [-0.2, 0) is 23.2 Å². The van der Waals surface area contributed by atoms with E-state index in [-0.39, 0.29) is 17.7 Å². The summed E-state index contributed by atoms with van der Waals surface area (Å²) in [6.45, 7) is 6.90. The van der Waals surface area contributed by atoms with Gasteiger partial charge < -0.3 is 9.84 Å². The fraction of sp³-hybridized carbons (Fsp3) is 0.267. The molecular weight excluding hydrogens is 438 g/mol. The lowest BCUT2D eigenvalue weighted by Crippen LogP contribution is -2.11. The molecule has 0 bridgehead atoms. The molecule has 1 heterocycles. The van der Waals surface area contributed by atoms with E-state index in [0.717, 1.165) is 27.8 Å². The van der Waals surface area contributed by atoms with Crippen LogP contribution in [0.3, 0.4) is 0 Å². The second kappa shape index (κ2) is 10.2. The molecule has 35 heavy (non-hydrogen) atoms. The van der Waals surface area contributed by atoms with Gasteiger partial charge in [0.15, 0.2) is 0 Å². The van der Waals surface area contributed by atoms with Crippen molar-refractivity contribution in [3.8, 4) is 5.75 Å². The van der Waals surface area contributed by atoms with Crippen LogP contribution in [0, 0.1) is 0 Å². The highest BCUT2D eigenvalue weighted by atomic mass is 16.5. The minimum absolute atomic E-state index is 0.0893. The van der Waals surface area contributed by atoms with Crippen molar-refractivity contribution in [2.75, 3.05) is 0 Å². The van der Waals surface area contributed by atoms with E-state index in [1.165, 1.54) is 5.56 Å². The molecule has 0 aliphatic heterocycles. The predicted octanol–water partition coefficient (Wildman–Crippen LogP) is 6.61. The molecule has 0 amide bonds. The molecule has 0 radical (unpaired) electrons. The van der Waals surface area contributed by atoms with Crippen molar-refractivity contribution < 1.29 is 19.4 Å². The van der Waals surface area contributed by atoms with Gasteiger partial charge in [-0.2, -0.15) is 0 Å². The summed E-state index contributed by atoms with van der Waals surface area (Å²) in [5, 5.41) is 9.94. The first-order valence-corrected chi connectivity index (χ1v) is 11.9. The Labute approximate surface area is 206 Å². The van der Waals surface area contributed by atoms with E-state index in [0.29, 0.717) is 25.0 Å². The third kappa shape index (κ3) is 5.80. The molecular formula is C30H31NO4. The van der Waals surface area contributed by atoms with E-state index >= 15 is 0 Å². The van der Waals surface area contributed by atoms with E-state index < -0.39 is 5.97 Å². The molecule has 0 atom stereocenters. The van der Waals surface area contributed by atoms with Gasteiger partial charge in [0.2, 0.25) is 0 Å². The normalized spacial score (nSPS) is 11.5. The van der Waals surface area contributed by atoms with E-state index in [2.05, 4.69) is 32.9 Å². The van der Waals surface area contributed by atoms with Crippen LogP contribution in [0.4, 0.5) is 0 Å². The highest BCUT2D eigenvalue weighted by Crippen LogP contribution is 2.26. The second-order valence-electron chi connectivity index (χ2n) is 9.86. The van der Waals surface area contributed by atoms with Crippen molar-refractivity contribution >= 4 is 22.8 Å². The monoisotopic (exact) mass is 469 g/mol. The highest BCUT2D eigenvalue weighted by Gasteiger charge is 2.16. The standard InChI is InChI=1S/C30H31NO4/c1-30(2,3)24-14-16-25(17-15-24)35-20-21-8-6-9-22(18-21)29(34)31-19-23(10-7-13-28(32)33)26-11-4-5-12-27(26)31/h4-6,8-9,11-12,14-19H,7,10,13,20H2,1-3H3,(H,32,33). The molecule has 5 nitrogen and oxygen atoms in total. The van der Waals surface area contributed by atoms with E-state index in [9.17, 15) is 9.59 Å². The summed E-state index contributed by atoms with van der Waals surface area (Å²) in [5.74, 6) is -0.145. The zero-order valence-electron chi connectivity index (χ0n) is 20.5. The lowest BCUT2D eigenvalue weighted by Gasteiger charge is -2.19. The summed E-state index contributed by atoms with van der Waals surface area (Å²) >= 11 is 0. The number of aromatic nitrogens is 1. The maximum absolute atomic E-state index is 13.4. The average molecular weight is 470 g/mol. The van der Waals surface area contributed by atoms with Gasteiger partial charge in [0, 0.05) is 23.6 Å². The summed E-state index contributed by atoms with van der Waals surface area (Å²) in [7, 11) is 0. The molecule has 0 fully saturated rings. The Balaban J connectivity index is 1.51. The quantitative estimate of drug-likeness (QED) is 0.315. The number of aliphatic carboxylic acids is 1. The molecule has 0 spiro atoms. The topological polar surface area (TPSA) is 68.5 Å². The van der Waals surface area contributed by atoms with Crippen LogP contribution < -0.4 is 4.74 Å². The number of carboxylic acids is 1. The van der Waals surface area contributed by atoms with Gasteiger partial charge in [0.1, 0.15) is 12.4 Å². The molecule has 0 saturated heterocycles. The number of fused-ring (bicyclic) bond motifs is 1. The number of rotatable bonds is 8. The van der Waals surface area contributed by atoms with Crippen LogP contribution in [0.2, 0.25) is 0 Å². The average Bonchev–Trinajstić information content (AvgIpc) is 3.20. The van der Waals surface area contributed by atoms with E-state index in [1.54, 1.807) is 4.57 Å². The molecule has 0 aliphatic rings. The molecule has 1 N–H and O–H groups in total. The predicted molar refractivity (Wildman–Crippen MR) is 138 cm³/mol. The fourth-order valence-electron chi connectivity index (χ4n) is 4.20. The maximum Gasteiger partial charge on any atom is 0.303 e. The number of para-hydroxylation sites is 1. The number of carboxylic acid groups (broad SMARTS) is 1. The molecule has 4 aromatic rings. The van der Waals surface area contributed by atoms with Gasteiger partial charge in [-0.3, -0.25) is 14.2 Å². The summed E-state index contributed by atoms with van der Waals surface area (Å²) in [6, 6.07) is 23.4. The van der Waals surface area contributed by atoms with E-state index in [4.69, 9.17) is 9.84 Å². The van der Waals surface area contributed by atoms with Gasteiger partial charge in [0.05, 0.1) is 5.52 Å². The number of benzene rings is 3. The number of nitrogens with zero attached hydrogens (tertiary/aromatic N) is 1. The van der Waals surface area contributed by atoms with Crippen molar-refractivity contribution in [3.05, 3.63) is 101 Å². The summed E-state index contributed by atoms with van der Waals surface area (Å²) in [5.41, 5.74) is 4.63. The third-order valence-electron chi connectivity index (χ3n) is 6.15. The van der Waals surface area contributed by atoms with Gasteiger partial charge in [-0.1, -0.05) is 63.2 Å². The maximum atomic E-state index is 13.4. The molecule has 5 heteroatoms. The minimum Gasteiger partial charge on any atom is -0.489 e. The van der Waals surface area contributed by atoms with Gasteiger partial charge in [0.25, 0.3) is 5.91 Å². The Morgan fingerprint density at radius 1 is 0.943 bits per heavy atom.